The fourth-order valence-corrected chi connectivity index (χ4v) is 2.71. The fraction of sp³-hybridized carbons (Fsp3) is 0.368. The second-order valence-electron chi connectivity index (χ2n) is 7.18. The van der Waals surface area contributed by atoms with Gasteiger partial charge in [-0.1, -0.05) is 23.7 Å². The molecule has 1 aliphatic rings. The van der Waals surface area contributed by atoms with E-state index in [0.717, 1.165) is 5.46 Å². The largest absolute Gasteiger partial charge is 0.494 e. The van der Waals surface area contributed by atoms with Crippen LogP contribution in [0.1, 0.15) is 33.3 Å². The first-order valence-corrected chi connectivity index (χ1v) is 8.58. The lowest BCUT2D eigenvalue weighted by atomic mass is 9.79. The van der Waals surface area contributed by atoms with Gasteiger partial charge < -0.3 is 14.0 Å². The van der Waals surface area contributed by atoms with E-state index in [0.29, 0.717) is 16.3 Å². The predicted octanol–water partition coefficient (Wildman–Crippen LogP) is 4.36. The molecule has 6 heteroatoms. The van der Waals surface area contributed by atoms with Crippen molar-refractivity contribution in [3.63, 3.8) is 0 Å². The maximum absolute atomic E-state index is 13.7. The molecule has 0 N–H and O–H groups in total. The first-order chi connectivity index (χ1) is 11.7. The zero-order valence-electron chi connectivity index (χ0n) is 14.8. The van der Waals surface area contributed by atoms with Crippen LogP contribution in [0.15, 0.2) is 42.5 Å². The van der Waals surface area contributed by atoms with Gasteiger partial charge in [-0.3, -0.25) is 0 Å². The van der Waals surface area contributed by atoms with Crippen molar-refractivity contribution in [2.45, 2.75) is 45.5 Å². The number of hydrogen-bond acceptors (Lipinski definition) is 3. The van der Waals surface area contributed by atoms with Gasteiger partial charge in [0.15, 0.2) is 0 Å². The molecule has 0 atom stereocenters. The van der Waals surface area contributed by atoms with Crippen LogP contribution in [0.3, 0.4) is 0 Å². The normalized spacial score (nSPS) is 18.4. The summed E-state index contributed by atoms with van der Waals surface area (Å²) in [5.41, 5.74) is 0.580. The van der Waals surface area contributed by atoms with Crippen LogP contribution in [-0.2, 0) is 15.9 Å². The van der Waals surface area contributed by atoms with Gasteiger partial charge in [-0.25, -0.2) is 4.39 Å². The van der Waals surface area contributed by atoms with Crippen molar-refractivity contribution in [1.29, 1.82) is 0 Å². The quantitative estimate of drug-likeness (QED) is 0.757. The number of halogens is 2. The van der Waals surface area contributed by atoms with Crippen LogP contribution in [-0.4, -0.2) is 18.3 Å². The first kappa shape index (κ1) is 18.2. The van der Waals surface area contributed by atoms with Crippen molar-refractivity contribution in [3.8, 4) is 5.75 Å². The molecule has 0 aromatic heterocycles. The van der Waals surface area contributed by atoms with Gasteiger partial charge in [0.25, 0.3) is 0 Å². The van der Waals surface area contributed by atoms with Crippen molar-refractivity contribution in [2.75, 3.05) is 0 Å². The summed E-state index contributed by atoms with van der Waals surface area (Å²) in [7, 11) is -0.413. The molecule has 3 nitrogen and oxygen atoms in total. The van der Waals surface area contributed by atoms with Crippen molar-refractivity contribution < 1.29 is 18.4 Å². The van der Waals surface area contributed by atoms with Crippen LogP contribution in [0.4, 0.5) is 4.39 Å². The topological polar surface area (TPSA) is 27.7 Å². The summed E-state index contributed by atoms with van der Waals surface area (Å²) >= 11 is 5.89. The van der Waals surface area contributed by atoms with Crippen LogP contribution in [0.2, 0.25) is 5.02 Å². The summed E-state index contributed by atoms with van der Waals surface area (Å²) in [6.07, 6.45) is 0. The minimum Gasteiger partial charge on any atom is -0.489 e. The van der Waals surface area contributed by atoms with E-state index in [2.05, 4.69) is 0 Å². The first-order valence-electron chi connectivity index (χ1n) is 8.20. The molecule has 1 aliphatic heterocycles. The van der Waals surface area contributed by atoms with Crippen LogP contribution in [0, 0.1) is 5.82 Å². The van der Waals surface area contributed by atoms with E-state index >= 15 is 0 Å². The molecule has 0 aliphatic carbocycles. The molecular formula is C19H21BClFO3. The summed E-state index contributed by atoms with van der Waals surface area (Å²) in [5, 5.41) is 0.483. The molecule has 1 heterocycles. The zero-order chi connectivity index (χ0) is 18.2. The highest BCUT2D eigenvalue weighted by Crippen LogP contribution is 2.36. The third-order valence-corrected chi connectivity index (χ3v) is 5.04. The minimum absolute atomic E-state index is 0.113. The molecule has 0 spiro atoms. The van der Waals surface area contributed by atoms with Gasteiger partial charge in [-0.05, 0) is 63.5 Å². The van der Waals surface area contributed by atoms with E-state index in [1.54, 1.807) is 6.07 Å². The molecule has 1 saturated heterocycles. The van der Waals surface area contributed by atoms with Crippen LogP contribution in [0.25, 0.3) is 0 Å². The van der Waals surface area contributed by atoms with E-state index in [4.69, 9.17) is 25.6 Å². The van der Waals surface area contributed by atoms with Gasteiger partial charge in [0.05, 0.1) is 11.2 Å². The maximum atomic E-state index is 13.7. The number of rotatable bonds is 4. The Morgan fingerprint density at radius 1 is 1.00 bits per heavy atom. The Kier molecular flexibility index (Phi) is 4.84. The Balaban J connectivity index is 1.66. The van der Waals surface area contributed by atoms with Gasteiger partial charge in [0.1, 0.15) is 18.2 Å². The van der Waals surface area contributed by atoms with Crippen LogP contribution >= 0.6 is 11.6 Å². The Morgan fingerprint density at radius 2 is 1.60 bits per heavy atom. The van der Waals surface area contributed by atoms with Crippen molar-refractivity contribution in [1.82, 2.24) is 0 Å². The molecule has 1 fully saturated rings. The summed E-state index contributed by atoms with van der Waals surface area (Å²) in [6.45, 7) is 8.18. The fourth-order valence-electron chi connectivity index (χ4n) is 2.52. The molecule has 3 rings (SSSR count). The van der Waals surface area contributed by atoms with E-state index in [1.807, 2.05) is 52.0 Å². The Morgan fingerprint density at radius 3 is 2.20 bits per heavy atom. The Bertz CT molecular complexity index is 746. The predicted molar refractivity (Wildman–Crippen MR) is 97.9 cm³/mol. The highest BCUT2D eigenvalue weighted by Gasteiger charge is 2.51. The Hall–Kier alpha value is -1.56. The lowest BCUT2D eigenvalue weighted by molar-refractivity contribution is 0.00578. The molecular weight excluding hydrogens is 341 g/mol. The zero-order valence-corrected chi connectivity index (χ0v) is 15.6. The summed E-state index contributed by atoms with van der Waals surface area (Å²) in [5.74, 6) is 0.304. The molecule has 2 aromatic carbocycles. The van der Waals surface area contributed by atoms with Gasteiger partial charge >= 0.3 is 7.12 Å². The third-order valence-electron chi connectivity index (χ3n) is 4.81. The summed E-state index contributed by atoms with van der Waals surface area (Å²) in [6, 6.07) is 11.8. The lowest BCUT2D eigenvalue weighted by Gasteiger charge is -2.32. The Labute approximate surface area is 153 Å². The number of hydrogen-bond donors (Lipinski definition) is 0. The van der Waals surface area contributed by atoms with E-state index in [1.165, 1.54) is 12.1 Å². The minimum atomic E-state index is -0.413. The van der Waals surface area contributed by atoms with E-state index < -0.39 is 7.12 Å². The number of ether oxygens (including phenoxy) is 1. The molecule has 25 heavy (non-hydrogen) atoms. The molecule has 0 bridgehead atoms. The van der Waals surface area contributed by atoms with Crippen molar-refractivity contribution in [3.05, 3.63) is 58.9 Å². The standard InChI is InChI=1S/C19H21BClFO3/c1-18(2)19(3,4)25-20(24-18)14-5-8-16(9-6-14)23-12-13-11-15(21)7-10-17(13)22/h5-11H,12H2,1-4H3. The molecule has 0 saturated carbocycles. The van der Waals surface area contributed by atoms with E-state index in [9.17, 15) is 4.39 Å². The average molecular weight is 363 g/mol. The van der Waals surface area contributed by atoms with E-state index in [-0.39, 0.29) is 23.6 Å². The number of benzene rings is 2. The van der Waals surface area contributed by atoms with Gasteiger partial charge in [0.2, 0.25) is 0 Å². The van der Waals surface area contributed by atoms with Crippen LogP contribution in [0.5, 0.6) is 5.75 Å². The summed E-state index contributed by atoms with van der Waals surface area (Å²) < 4.78 is 31.4. The van der Waals surface area contributed by atoms with Crippen LogP contribution < -0.4 is 10.2 Å². The van der Waals surface area contributed by atoms with Gasteiger partial charge in [-0.15, -0.1) is 0 Å². The average Bonchev–Trinajstić information content (AvgIpc) is 2.77. The molecule has 2 aromatic rings. The lowest BCUT2D eigenvalue weighted by Crippen LogP contribution is -2.41. The van der Waals surface area contributed by atoms with Crippen molar-refractivity contribution in [2.24, 2.45) is 0 Å². The van der Waals surface area contributed by atoms with Gasteiger partial charge in [-0.2, -0.15) is 0 Å². The molecule has 0 radical (unpaired) electrons. The maximum Gasteiger partial charge on any atom is 0.494 e. The molecule has 132 valence electrons. The summed E-state index contributed by atoms with van der Waals surface area (Å²) in [4.78, 5) is 0. The second-order valence-corrected chi connectivity index (χ2v) is 7.62. The highest BCUT2D eigenvalue weighted by molar-refractivity contribution is 6.62. The SMILES string of the molecule is CC1(C)OB(c2ccc(OCc3cc(Cl)ccc3F)cc2)OC1(C)C. The molecule has 0 unspecified atom stereocenters. The van der Waals surface area contributed by atoms with Gasteiger partial charge in [0, 0.05) is 10.6 Å². The molecule has 0 amide bonds. The monoisotopic (exact) mass is 362 g/mol. The highest BCUT2D eigenvalue weighted by atomic mass is 35.5. The third kappa shape index (κ3) is 3.84. The smallest absolute Gasteiger partial charge is 0.489 e. The van der Waals surface area contributed by atoms with Crippen molar-refractivity contribution >= 4 is 24.2 Å². The second kappa shape index (κ2) is 6.63.